The van der Waals surface area contributed by atoms with Crippen molar-refractivity contribution in [3.8, 4) is 11.4 Å². The number of imide groups is 1. The van der Waals surface area contributed by atoms with Gasteiger partial charge in [-0.25, -0.2) is 9.69 Å². The number of benzene rings is 1. The van der Waals surface area contributed by atoms with Gasteiger partial charge in [-0.3, -0.25) is 14.8 Å². The molecule has 10 heteroatoms. The third-order valence-electron chi connectivity index (χ3n) is 4.92. The van der Waals surface area contributed by atoms with E-state index in [9.17, 15) is 22.8 Å². The largest absolute Gasteiger partial charge is 0.446 e. The van der Waals surface area contributed by atoms with Crippen LogP contribution in [0.1, 0.15) is 12.5 Å². The van der Waals surface area contributed by atoms with Crippen LogP contribution < -0.4 is 4.90 Å². The van der Waals surface area contributed by atoms with Crippen LogP contribution in [0, 0.1) is 0 Å². The summed E-state index contributed by atoms with van der Waals surface area (Å²) in [6.45, 7) is 1.79. The molecule has 1 fully saturated rings. The van der Waals surface area contributed by atoms with Gasteiger partial charge >= 0.3 is 11.5 Å². The smallest absolute Gasteiger partial charge is 0.308 e. The Bertz CT molecular complexity index is 1140. The number of aromatic nitrogens is 2. The summed E-state index contributed by atoms with van der Waals surface area (Å²) < 4.78 is 37.6. The predicted octanol–water partition coefficient (Wildman–Crippen LogP) is 5.11. The number of urea groups is 1. The van der Waals surface area contributed by atoms with Gasteiger partial charge in [-0.05, 0) is 72.8 Å². The summed E-state index contributed by atoms with van der Waals surface area (Å²) in [6, 6.07) is 12.9. The third kappa shape index (κ3) is 4.59. The van der Waals surface area contributed by atoms with E-state index in [0.717, 1.165) is 10.5 Å². The Morgan fingerprint density at radius 2 is 1.69 bits per heavy atom. The van der Waals surface area contributed by atoms with Crippen molar-refractivity contribution in [2.24, 2.45) is 0 Å². The van der Waals surface area contributed by atoms with Crippen molar-refractivity contribution < 1.29 is 22.8 Å². The highest BCUT2D eigenvalue weighted by atomic mass is 32.2. The van der Waals surface area contributed by atoms with Gasteiger partial charge in [-0.2, -0.15) is 13.2 Å². The number of thioether (sulfide) groups is 1. The Morgan fingerprint density at radius 1 is 0.969 bits per heavy atom. The molecule has 1 aromatic carbocycles. The lowest BCUT2D eigenvalue weighted by Gasteiger charge is -2.19. The van der Waals surface area contributed by atoms with E-state index < -0.39 is 23.5 Å². The van der Waals surface area contributed by atoms with Crippen LogP contribution in [0.3, 0.4) is 0 Å². The van der Waals surface area contributed by atoms with Crippen LogP contribution in [0.25, 0.3) is 11.4 Å². The topological polar surface area (TPSA) is 66.4 Å². The summed E-state index contributed by atoms with van der Waals surface area (Å²) in [5.41, 5.74) is -2.09. The van der Waals surface area contributed by atoms with Gasteiger partial charge in [0.25, 0.3) is 5.91 Å². The Morgan fingerprint density at radius 3 is 2.34 bits per heavy atom. The lowest BCUT2D eigenvalue weighted by atomic mass is 10.1. The zero-order valence-electron chi connectivity index (χ0n) is 16.8. The molecule has 4 rings (SSSR count). The van der Waals surface area contributed by atoms with E-state index in [1.165, 1.54) is 29.2 Å². The molecule has 0 saturated carbocycles. The van der Waals surface area contributed by atoms with E-state index in [2.05, 4.69) is 9.97 Å². The zero-order valence-corrected chi connectivity index (χ0v) is 17.6. The third-order valence-corrected chi connectivity index (χ3v) is 5.65. The Hall–Kier alpha value is -3.40. The number of carbonyl (C=O) groups is 2. The van der Waals surface area contributed by atoms with Gasteiger partial charge in [-0.15, -0.1) is 0 Å². The SMILES string of the molecule is CC1C(=O)N(c2ccc(SC(F)(F)F)cc2)C(=O)N1Cc1ccnc(-c2ccccn2)c1. The molecule has 0 spiro atoms. The van der Waals surface area contributed by atoms with Crippen LogP contribution in [-0.2, 0) is 11.3 Å². The van der Waals surface area contributed by atoms with Crippen LogP contribution >= 0.6 is 11.8 Å². The number of hydrogen-bond acceptors (Lipinski definition) is 5. The van der Waals surface area contributed by atoms with Crippen LogP contribution in [-0.4, -0.2) is 38.4 Å². The first kappa shape index (κ1) is 21.8. The maximum Gasteiger partial charge on any atom is 0.446 e. The monoisotopic (exact) mass is 458 g/mol. The molecule has 0 radical (unpaired) electrons. The molecule has 164 valence electrons. The van der Waals surface area contributed by atoms with Crippen LogP contribution in [0.4, 0.5) is 23.7 Å². The summed E-state index contributed by atoms with van der Waals surface area (Å²) in [6.07, 6.45) is 3.27. The lowest BCUT2D eigenvalue weighted by molar-refractivity contribution is -0.119. The molecule has 3 aromatic rings. The summed E-state index contributed by atoms with van der Waals surface area (Å²) in [7, 11) is 0. The fourth-order valence-corrected chi connectivity index (χ4v) is 3.91. The molecule has 1 aliphatic heterocycles. The first-order valence-electron chi connectivity index (χ1n) is 9.59. The average molecular weight is 458 g/mol. The molecule has 1 atom stereocenters. The second kappa shape index (κ2) is 8.62. The lowest BCUT2D eigenvalue weighted by Crippen LogP contribution is -2.33. The quantitative estimate of drug-likeness (QED) is 0.393. The Kier molecular flexibility index (Phi) is 5.88. The second-order valence-electron chi connectivity index (χ2n) is 7.07. The van der Waals surface area contributed by atoms with Gasteiger partial charge in [-0.1, -0.05) is 6.07 Å². The Balaban J connectivity index is 1.54. The van der Waals surface area contributed by atoms with E-state index in [1.807, 2.05) is 12.1 Å². The van der Waals surface area contributed by atoms with Crippen molar-refractivity contribution in [2.45, 2.75) is 29.9 Å². The summed E-state index contributed by atoms with van der Waals surface area (Å²) in [4.78, 5) is 36.8. The minimum Gasteiger partial charge on any atom is -0.308 e. The normalized spacial score (nSPS) is 16.7. The van der Waals surface area contributed by atoms with Crippen molar-refractivity contribution in [2.75, 3.05) is 4.90 Å². The molecule has 1 aliphatic rings. The van der Waals surface area contributed by atoms with E-state index in [1.54, 1.807) is 37.5 Å². The first-order chi connectivity index (χ1) is 15.2. The van der Waals surface area contributed by atoms with Crippen LogP contribution in [0.15, 0.2) is 71.9 Å². The summed E-state index contributed by atoms with van der Waals surface area (Å²) >= 11 is -0.254. The van der Waals surface area contributed by atoms with Gasteiger partial charge in [0.15, 0.2) is 0 Å². The standard InChI is InChI=1S/C22H17F3N4O2S/c1-14-20(30)29(16-5-7-17(8-6-16)32-22(23,24)25)21(31)28(14)13-15-9-11-27-19(12-15)18-4-2-3-10-26-18/h2-12,14H,13H2,1H3. The molecule has 32 heavy (non-hydrogen) atoms. The minimum atomic E-state index is -4.41. The minimum absolute atomic E-state index is 0.0240. The van der Waals surface area contributed by atoms with Gasteiger partial charge in [0.2, 0.25) is 0 Å². The molecule has 0 N–H and O–H groups in total. The number of nitrogens with zero attached hydrogens (tertiary/aromatic N) is 4. The number of rotatable bonds is 5. The number of hydrogen-bond donors (Lipinski definition) is 0. The average Bonchev–Trinajstić information content (AvgIpc) is 2.97. The van der Waals surface area contributed by atoms with Gasteiger partial charge in [0.1, 0.15) is 6.04 Å². The number of alkyl halides is 3. The fraction of sp³-hybridized carbons (Fsp3) is 0.182. The van der Waals surface area contributed by atoms with Gasteiger partial charge in [0.05, 0.1) is 17.1 Å². The van der Waals surface area contributed by atoms with Crippen molar-refractivity contribution in [3.05, 3.63) is 72.6 Å². The van der Waals surface area contributed by atoms with E-state index in [-0.39, 0.29) is 28.9 Å². The number of amides is 3. The molecule has 0 bridgehead atoms. The fourth-order valence-electron chi connectivity index (χ4n) is 3.37. The van der Waals surface area contributed by atoms with Crippen LogP contribution in [0.5, 0.6) is 0 Å². The predicted molar refractivity (Wildman–Crippen MR) is 114 cm³/mol. The first-order valence-corrected chi connectivity index (χ1v) is 10.4. The van der Waals surface area contributed by atoms with Crippen molar-refractivity contribution in [1.29, 1.82) is 0 Å². The van der Waals surface area contributed by atoms with E-state index >= 15 is 0 Å². The summed E-state index contributed by atoms with van der Waals surface area (Å²) in [5.74, 6) is -0.440. The molecular formula is C22H17F3N4O2S. The highest BCUT2D eigenvalue weighted by molar-refractivity contribution is 8.00. The maximum atomic E-state index is 13.0. The highest BCUT2D eigenvalue weighted by Crippen LogP contribution is 2.38. The van der Waals surface area contributed by atoms with E-state index in [0.29, 0.717) is 11.4 Å². The number of halogens is 3. The van der Waals surface area contributed by atoms with Crippen LogP contribution in [0.2, 0.25) is 0 Å². The van der Waals surface area contributed by atoms with Crippen molar-refractivity contribution in [1.82, 2.24) is 14.9 Å². The number of carbonyl (C=O) groups excluding carboxylic acids is 2. The zero-order chi connectivity index (χ0) is 22.9. The van der Waals surface area contributed by atoms with E-state index in [4.69, 9.17) is 0 Å². The highest BCUT2D eigenvalue weighted by Gasteiger charge is 2.43. The molecule has 6 nitrogen and oxygen atoms in total. The Labute approximate surface area is 186 Å². The molecule has 3 amide bonds. The molecule has 1 unspecified atom stereocenters. The molecule has 0 aliphatic carbocycles. The second-order valence-corrected chi connectivity index (χ2v) is 8.20. The molecular weight excluding hydrogens is 441 g/mol. The van der Waals surface area contributed by atoms with Gasteiger partial charge < -0.3 is 4.90 Å². The molecule has 2 aromatic heterocycles. The maximum absolute atomic E-state index is 13.0. The number of anilines is 1. The molecule has 1 saturated heterocycles. The molecule has 3 heterocycles. The van der Waals surface area contributed by atoms with Gasteiger partial charge in [0, 0.05) is 23.8 Å². The summed E-state index contributed by atoms with van der Waals surface area (Å²) in [5, 5.41) is 0. The number of pyridine rings is 2. The van der Waals surface area contributed by atoms with Crippen molar-refractivity contribution in [3.63, 3.8) is 0 Å². The van der Waals surface area contributed by atoms with Crippen molar-refractivity contribution >= 4 is 29.4 Å².